The first-order valence-electron chi connectivity index (χ1n) is 4.19. The van der Waals surface area contributed by atoms with Gasteiger partial charge in [0.05, 0.1) is 17.2 Å². The minimum atomic E-state index is 0.395. The largest absolute Gasteiger partial charge is 0.369 e. The predicted molar refractivity (Wildman–Crippen MR) is 53.6 cm³/mol. The number of hydrogen-bond acceptors (Lipinski definition) is 4. The summed E-state index contributed by atoms with van der Waals surface area (Å²) in [5.74, 6) is 0.395. The number of nitrogen functional groups attached to an aromatic ring is 1. The van der Waals surface area contributed by atoms with Gasteiger partial charge in [-0.3, -0.25) is 0 Å². The summed E-state index contributed by atoms with van der Waals surface area (Å²) in [6.45, 7) is 0. The first-order chi connectivity index (χ1) is 6.84. The molecule has 0 aliphatic carbocycles. The summed E-state index contributed by atoms with van der Waals surface area (Å²) in [4.78, 5) is 6.99. The van der Waals surface area contributed by atoms with E-state index in [9.17, 15) is 0 Å². The van der Waals surface area contributed by atoms with E-state index < -0.39 is 0 Å². The maximum atomic E-state index is 5.58. The van der Waals surface area contributed by atoms with Crippen LogP contribution in [0.2, 0.25) is 0 Å². The molecule has 5 nitrogen and oxygen atoms in total. The smallest absolute Gasteiger partial charge is 0.197 e. The van der Waals surface area contributed by atoms with Crippen molar-refractivity contribution in [3.8, 4) is 0 Å². The molecule has 0 radical (unpaired) electrons. The third-order valence-corrected chi connectivity index (χ3v) is 2.20. The zero-order valence-corrected chi connectivity index (χ0v) is 7.23. The SMILES string of the molecule is Nc1ncc2ccc3nncc3c2[nH]1. The van der Waals surface area contributed by atoms with E-state index in [1.165, 1.54) is 0 Å². The Morgan fingerprint density at radius 3 is 3.07 bits per heavy atom. The van der Waals surface area contributed by atoms with Gasteiger partial charge < -0.3 is 10.7 Å². The molecule has 0 amide bonds. The number of fused-ring (bicyclic) bond motifs is 3. The van der Waals surface area contributed by atoms with Gasteiger partial charge in [-0.1, -0.05) is 0 Å². The monoisotopic (exact) mass is 185 g/mol. The van der Waals surface area contributed by atoms with Gasteiger partial charge in [-0.2, -0.15) is 10.2 Å². The third kappa shape index (κ3) is 0.861. The van der Waals surface area contributed by atoms with Crippen molar-refractivity contribution in [1.29, 1.82) is 0 Å². The highest BCUT2D eigenvalue weighted by Gasteiger charge is 2.03. The molecule has 0 saturated heterocycles. The van der Waals surface area contributed by atoms with Crippen LogP contribution >= 0.6 is 0 Å². The van der Waals surface area contributed by atoms with Gasteiger partial charge in [0.15, 0.2) is 5.95 Å². The normalized spacial score (nSPS) is 11.1. The zero-order chi connectivity index (χ0) is 9.54. The van der Waals surface area contributed by atoms with E-state index in [1.54, 1.807) is 12.4 Å². The minimum Gasteiger partial charge on any atom is -0.369 e. The summed E-state index contributed by atoms with van der Waals surface area (Å²) in [6.07, 6.45) is 3.45. The number of aromatic amines is 1. The van der Waals surface area contributed by atoms with Gasteiger partial charge in [-0.25, -0.2) is 4.98 Å². The lowest BCUT2D eigenvalue weighted by Crippen LogP contribution is -1.93. The number of rotatable bonds is 0. The lowest BCUT2D eigenvalue weighted by molar-refractivity contribution is 1.12. The summed E-state index contributed by atoms with van der Waals surface area (Å²) < 4.78 is 0. The van der Waals surface area contributed by atoms with Crippen molar-refractivity contribution in [2.24, 2.45) is 0 Å². The molecule has 0 aliphatic rings. The number of anilines is 1. The molecule has 0 spiro atoms. The van der Waals surface area contributed by atoms with Crippen molar-refractivity contribution in [2.45, 2.75) is 0 Å². The number of nitrogens with one attached hydrogen (secondary N) is 1. The summed E-state index contributed by atoms with van der Waals surface area (Å²) in [5.41, 5.74) is 7.37. The van der Waals surface area contributed by atoms with Gasteiger partial charge in [0.2, 0.25) is 0 Å². The second-order valence-corrected chi connectivity index (χ2v) is 3.08. The molecule has 0 bridgehead atoms. The highest BCUT2D eigenvalue weighted by molar-refractivity contribution is 6.03. The molecule has 68 valence electrons. The average Bonchev–Trinajstić information content (AvgIpc) is 2.65. The fraction of sp³-hybridized carbons (Fsp3) is 0. The summed E-state index contributed by atoms with van der Waals surface area (Å²) >= 11 is 0. The molecule has 2 aromatic heterocycles. The van der Waals surface area contributed by atoms with Crippen LogP contribution in [-0.4, -0.2) is 20.2 Å². The molecule has 3 aromatic rings. The number of H-pyrrole nitrogens is 1. The van der Waals surface area contributed by atoms with Crippen LogP contribution in [0.1, 0.15) is 0 Å². The highest BCUT2D eigenvalue weighted by Crippen LogP contribution is 2.21. The van der Waals surface area contributed by atoms with Crippen molar-refractivity contribution < 1.29 is 0 Å². The van der Waals surface area contributed by atoms with Crippen LogP contribution in [0.4, 0.5) is 5.95 Å². The van der Waals surface area contributed by atoms with Gasteiger partial charge in [-0.15, -0.1) is 0 Å². The van der Waals surface area contributed by atoms with Gasteiger partial charge >= 0.3 is 0 Å². The second-order valence-electron chi connectivity index (χ2n) is 3.08. The maximum Gasteiger partial charge on any atom is 0.197 e. The Labute approximate surface area is 79.0 Å². The quantitative estimate of drug-likeness (QED) is 0.549. The van der Waals surface area contributed by atoms with Crippen LogP contribution < -0.4 is 5.73 Å². The maximum absolute atomic E-state index is 5.58. The minimum absolute atomic E-state index is 0.395. The molecule has 1 aromatic carbocycles. The number of nitrogens with two attached hydrogens (primary N) is 1. The Hall–Kier alpha value is -2.17. The molecule has 2 heterocycles. The van der Waals surface area contributed by atoms with Crippen LogP contribution in [0.5, 0.6) is 0 Å². The van der Waals surface area contributed by atoms with E-state index in [1.807, 2.05) is 12.1 Å². The summed E-state index contributed by atoms with van der Waals surface area (Å²) in [5, 5.41) is 9.79. The molecule has 0 atom stereocenters. The van der Waals surface area contributed by atoms with E-state index in [0.29, 0.717) is 5.95 Å². The van der Waals surface area contributed by atoms with E-state index in [2.05, 4.69) is 20.2 Å². The Morgan fingerprint density at radius 1 is 1.21 bits per heavy atom. The van der Waals surface area contributed by atoms with Crippen molar-refractivity contribution in [3.63, 3.8) is 0 Å². The summed E-state index contributed by atoms with van der Waals surface area (Å²) in [7, 11) is 0. The second kappa shape index (κ2) is 2.41. The molecule has 0 saturated carbocycles. The summed E-state index contributed by atoms with van der Waals surface area (Å²) in [6, 6.07) is 3.85. The van der Waals surface area contributed by atoms with Crippen LogP contribution in [-0.2, 0) is 0 Å². The van der Waals surface area contributed by atoms with Crippen molar-refractivity contribution >= 4 is 27.8 Å². The highest BCUT2D eigenvalue weighted by atomic mass is 15.1. The number of aromatic nitrogens is 4. The molecule has 5 heteroatoms. The van der Waals surface area contributed by atoms with E-state index in [4.69, 9.17) is 5.73 Å². The van der Waals surface area contributed by atoms with Crippen molar-refractivity contribution in [3.05, 3.63) is 24.5 Å². The third-order valence-electron chi connectivity index (χ3n) is 2.20. The zero-order valence-electron chi connectivity index (χ0n) is 7.23. The van der Waals surface area contributed by atoms with Crippen LogP contribution in [0.15, 0.2) is 24.5 Å². The molecule has 0 fully saturated rings. The molecular weight excluding hydrogens is 178 g/mol. The van der Waals surface area contributed by atoms with Crippen molar-refractivity contribution in [1.82, 2.24) is 20.2 Å². The van der Waals surface area contributed by atoms with Gasteiger partial charge in [0, 0.05) is 17.0 Å². The van der Waals surface area contributed by atoms with Crippen LogP contribution in [0.3, 0.4) is 0 Å². The van der Waals surface area contributed by atoms with Gasteiger partial charge in [-0.05, 0) is 12.1 Å². The Balaban J connectivity index is 2.60. The molecule has 14 heavy (non-hydrogen) atoms. The van der Waals surface area contributed by atoms with Gasteiger partial charge in [0.25, 0.3) is 0 Å². The molecule has 3 rings (SSSR count). The average molecular weight is 185 g/mol. The standard InChI is InChI=1S/C9H7N5/c10-9-11-3-5-1-2-7-6(4-12-14-7)8(5)13-9/h1-4H,(H3,10,11,13). The molecular formula is C9H7N5. The lowest BCUT2D eigenvalue weighted by atomic mass is 10.2. The van der Waals surface area contributed by atoms with E-state index in [0.717, 1.165) is 21.8 Å². The fourth-order valence-corrected chi connectivity index (χ4v) is 1.54. The predicted octanol–water partition coefficient (Wildman–Crippen LogP) is 1.09. The number of benzene rings is 1. The molecule has 3 N–H and O–H groups in total. The van der Waals surface area contributed by atoms with Gasteiger partial charge in [0.1, 0.15) is 0 Å². The van der Waals surface area contributed by atoms with Crippen LogP contribution in [0, 0.1) is 0 Å². The topological polar surface area (TPSA) is 80.5 Å². The first-order valence-corrected chi connectivity index (χ1v) is 4.19. The van der Waals surface area contributed by atoms with Crippen LogP contribution in [0.25, 0.3) is 21.8 Å². The Morgan fingerprint density at radius 2 is 2.14 bits per heavy atom. The van der Waals surface area contributed by atoms with E-state index in [-0.39, 0.29) is 0 Å². The Kier molecular flexibility index (Phi) is 1.25. The van der Waals surface area contributed by atoms with E-state index >= 15 is 0 Å². The fourth-order valence-electron chi connectivity index (χ4n) is 1.54. The molecule has 0 aliphatic heterocycles. The lowest BCUT2D eigenvalue weighted by Gasteiger charge is -1.99. The Bertz CT molecular complexity index is 613. The first kappa shape index (κ1) is 7.25. The number of hydrogen-bond donors (Lipinski definition) is 2. The number of nitrogens with zero attached hydrogens (tertiary/aromatic N) is 3. The molecule has 0 unspecified atom stereocenters. The van der Waals surface area contributed by atoms with Crippen molar-refractivity contribution in [2.75, 3.05) is 5.73 Å².